The number of nitrogens with one attached hydrogen (secondary N) is 1. The van der Waals surface area contributed by atoms with E-state index in [1.807, 2.05) is 32.2 Å². The lowest BCUT2D eigenvalue weighted by atomic mass is 10.1. The fourth-order valence-corrected chi connectivity index (χ4v) is 3.32. The molecule has 0 radical (unpaired) electrons. The van der Waals surface area contributed by atoms with E-state index in [9.17, 15) is 18.0 Å². The van der Waals surface area contributed by atoms with Crippen molar-refractivity contribution in [3.8, 4) is 34.3 Å². The van der Waals surface area contributed by atoms with Crippen molar-refractivity contribution in [1.82, 2.24) is 30.0 Å². The van der Waals surface area contributed by atoms with Crippen LogP contribution in [0, 0.1) is 6.92 Å². The number of hydrogen-bond donors (Lipinski definition) is 1. The van der Waals surface area contributed by atoms with Crippen molar-refractivity contribution in [2.75, 3.05) is 7.05 Å². The number of halogens is 3. The average Bonchev–Trinajstić information content (AvgIpc) is 3.25. The second-order valence-corrected chi connectivity index (χ2v) is 7.38. The van der Waals surface area contributed by atoms with Gasteiger partial charge in [-0.25, -0.2) is 4.98 Å². The zero-order valence-electron chi connectivity index (χ0n) is 17.7. The van der Waals surface area contributed by atoms with Gasteiger partial charge in [0.2, 0.25) is 5.89 Å². The Labute approximate surface area is 186 Å². The van der Waals surface area contributed by atoms with E-state index in [0.29, 0.717) is 16.0 Å². The molecule has 11 heteroatoms. The molecule has 0 spiro atoms. The van der Waals surface area contributed by atoms with Crippen molar-refractivity contribution in [1.29, 1.82) is 0 Å². The van der Waals surface area contributed by atoms with Gasteiger partial charge in [-0.3, -0.25) is 9.78 Å². The van der Waals surface area contributed by atoms with Crippen molar-refractivity contribution < 1.29 is 17.6 Å². The Morgan fingerprint density at radius 2 is 1.82 bits per heavy atom. The number of benzene rings is 1. The van der Waals surface area contributed by atoms with Gasteiger partial charge in [-0.1, -0.05) is 12.1 Å². The first kappa shape index (κ1) is 22.3. The van der Waals surface area contributed by atoms with Crippen LogP contribution >= 0.6 is 0 Å². The summed E-state index contributed by atoms with van der Waals surface area (Å²) >= 11 is 0. The molecule has 0 unspecified atom stereocenters. The first-order valence-corrected chi connectivity index (χ1v) is 9.91. The van der Waals surface area contributed by atoms with Crippen LogP contribution in [0.2, 0.25) is 0 Å². The Kier molecular flexibility index (Phi) is 6.05. The molecule has 0 saturated carbocycles. The van der Waals surface area contributed by atoms with Crippen LogP contribution in [0.1, 0.15) is 11.1 Å². The lowest BCUT2D eigenvalue weighted by molar-refractivity contribution is -0.141. The number of nitrogens with zero attached hydrogens (tertiary/aromatic N) is 5. The molecule has 1 N–H and O–H groups in total. The highest BCUT2D eigenvalue weighted by Crippen LogP contribution is 2.27. The van der Waals surface area contributed by atoms with E-state index in [2.05, 4.69) is 25.5 Å². The van der Waals surface area contributed by atoms with Gasteiger partial charge in [-0.2, -0.15) is 13.2 Å². The zero-order chi connectivity index (χ0) is 23.6. The molecule has 0 aliphatic carbocycles. The van der Waals surface area contributed by atoms with Gasteiger partial charge in [0.05, 0.1) is 18.1 Å². The quantitative estimate of drug-likeness (QED) is 0.473. The second kappa shape index (κ2) is 8.94. The van der Waals surface area contributed by atoms with Crippen molar-refractivity contribution in [3.05, 3.63) is 70.4 Å². The van der Waals surface area contributed by atoms with Crippen molar-refractivity contribution in [3.63, 3.8) is 0 Å². The van der Waals surface area contributed by atoms with E-state index >= 15 is 0 Å². The first-order valence-electron chi connectivity index (χ1n) is 9.91. The topological polar surface area (TPSA) is 98.7 Å². The predicted octanol–water partition coefficient (Wildman–Crippen LogP) is 3.61. The van der Waals surface area contributed by atoms with Crippen LogP contribution in [0.15, 0.2) is 58.1 Å². The lowest BCUT2D eigenvalue weighted by Crippen LogP contribution is -2.27. The summed E-state index contributed by atoms with van der Waals surface area (Å²) in [4.78, 5) is 20.3. The van der Waals surface area contributed by atoms with Crippen LogP contribution in [-0.2, 0) is 13.1 Å². The summed E-state index contributed by atoms with van der Waals surface area (Å²) in [5.74, 6) is 0.422. The van der Waals surface area contributed by atoms with Crippen LogP contribution in [0.5, 0.6) is 0 Å². The highest BCUT2D eigenvalue weighted by Gasteiger charge is 2.28. The molecule has 3 aromatic heterocycles. The third kappa shape index (κ3) is 5.14. The molecular formula is C22H19F3N6O2. The molecule has 0 aliphatic rings. The standard InChI is InChI=1S/C22H19F3N6O2/c1-13-7-14(8-26-2)3-5-16(13)20-29-30-21(33-20)18-10-27-9-17(28-18)15-4-6-19(32)31(11-15)12-22(23,24)25/h3-7,9-11,26H,8,12H2,1-2H3. The third-order valence-corrected chi connectivity index (χ3v) is 4.81. The molecule has 3 heterocycles. The van der Waals surface area contributed by atoms with Gasteiger partial charge in [0, 0.05) is 29.9 Å². The molecule has 170 valence electrons. The molecule has 4 aromatic rings. The van der Waals surface area contributed by atoms with Gasteiger partial charge in [0.1, 0.15) is 12.2 Å². The summed E-state index contributed by atoms with van der Waals surface area (Å²) in [6.45, 7) is 1.27. The maximum absolute atomic E-state index is 12.8. The van der Waals surface area contributed by atoms with E-state index in [4.69, 9.17) is 4.42 Å². The van der Waals surface area contributed by atoms with Crippen LogP contribution in [0.4, 0.5) is 13.2 Å². The summed E-state index contributed by atoms with van der Waals surface area (Å²) < 4.78 is 44.6. The Hall–Kier alpha value is -3.86. The Morgan fingerprint density at radius 1 is 1.06 bits per heavy atom. The van der Waals surface area contributed by atoms with Gasteiger partial charge >= 0.3 is 6.18 Å². The highest BCUT2D eigenvalue weighted by atomic mass is 19.4. The zero-order valence-corrected chi connectivity index (χ0v) is 17.7. The summed E-state index contributed by atoms with van der Waals surface area (Å²) in [5.41, 5.74) is 2.90. The molecule has 0 bridgehead atoms. The summed E-state index contributed by atoms with van der Waals surface area (Å²) in [6, 6.07) is 8.31. The minimum Gasteiger partial charge on any atom is -0.415 e. The monoisotopic (exact) mass is 456 g/mol. The van der Waals surface area contributed by atoms with Crippen LogP contribution in [0.25, 0.3) is 34.3 Å². The fraction of sp³-hybridized carbons (Fsp3) is 0.227. The van der Waals surface area contributed by atoms with E-state index in [1.54, 1.807) is 0 Å². The largest absolute Gasteiger partial charge is 0.415 e. The molecule has 33 heavy (non-hydrogen) atoms. The van der Waals surface area contributed by atoms with E-state index in [0.717, 1.165) is 35.5 Å². The smallest absolute Gasteiger partial charge is 0.406 e. The number of rotatable bonds is 6. The molecular weight excluding hydrogens is 437 g/mol. The normalized spacial score (nSPS) is 11.7. The predicted molar refractivity (Wildman–Crippen MR) is 114 cm³/mol. The molecule has 0 fully saturated rings. The average molecular weight is 456 g/mol. The fourth-order valence-electron chi connectivity index (χ4n) is 3.32. The van der Waals surface area contributed by atoms with Gasteiger partial charge in [0.15, 0.2) is 0 Å². The molecule has 0 atom stereocenters. The molecule has 0 amide bonds. The summed E-state index contributed by atoms with van der Waals surface area (Å²) in [6.07, 6.45) is -0.642. The molecule has 0 aliphatic heterocycles. The summed E-state index contributed by atoms with van der Waals surface area (Å²) in [5, 5.41) is 11.2. The number of aromatic nitrogens is 5. The minimum atomic E-state index is -4.53. The van der Waals surface area contributed by atoms with Gasteiger partial charge in [-0.05, 0) is 37.2 Å². The van der Waals surface area contributed by atoms with Gasteiger partial charge in [-0.15, -0.1) is 10.2 Å². The third-order valence-electron chi connectivity index (χ3n) is 4.81. The molecule has 8 nitrogen and oxygen atoms in total. The minimum absolute atomic E-state index is 0.113. The number of hydrogen-bond acceptors (Lipinski definition) is 7. The Morgan fingerprint density at radius 3 is 2.55 bits per heavy atom. The van der Waals surface area contributed by atoms with E-state index in [-0.39, 0.29) is 17.3 Å². The molecule has 0 saturated heterocycles. The molecule has 4 rings (SSSR count). The first-order chi connectivity index (χ1) is 15.7. The lowest BCUT2D eigenvalue weighted by Gasteiger charge is -2.10. The van der Waals surface area contributed by atoms with E-state index in [1.165, 1.54) is 18.5 Å². The van der Waals surface area contributed by atoms with Crippen molar-refractivity contribution in [2.24, 2.45) is 0 Å². The van der Waals surface area contributed by atoms with Gasteiger partial charge in [0.25, 0.3) is 11.4 Å². The second-order valence-electron chi connectivity index (χ2n) is 7.38. The number of alkyl halides is 3. The van der Waals surface area contributed by atoms with Crippen LogP contribution in [-0.4, -0.2) is 38.0 Å². The van der Waals surface area contributed by atoms with Gasteiger partial charge < -0.3 is 14.3 Å². The summed E-state index contributed by atoms with van der Waals surface area (Å²) in [7, 11) is 1.87. The van der Waals surface area contributed by atoms with Crippen LogP contribution < -0.4 is 10.9 Å². The number of pyridine rings is 1. The Balaban J connectivity index is 1.64. The maximum Gasteiger partial charge on any atom is 0.406 e. The van der Waals surface area contributed by atoms with Crippen molar-refractivity contribution in [2.45, 2.75) is 26.2 Å². The van der Waals surface area contributed by atoms with E-state index < -0.39 is 18.3 Å². The molecule has 1 aromatic carbocycles. The maximum atomic E-state index is 12.8. The Bertz CT molecular complexity index is 1350. The van der Waals surface area contributed by atoms with Crippen LogP contribution in [0.3, 0.4) is 0 Å². The number of aryl methyl sites for hydroxylation is 1. The highest BCUT2D eigenvalue weighted by molar-refractivity contribution is 5.62. The SMILES string of the molecule is CNCc1ccc(-c2nnc(-c3cncc(-c4ccc(=O)n(CC(F)(F)F)c4)n3)o2)c(C)c1. The van der Waals surface area contributed by atoms with Crippen molar-refractivity contribution >= 4 is 0 Å².